The molecule has 4 nitrogen and oxygen atoms in total. The van der Waals surface area contributed by atoms with Gasteiger partial charge in [-0.05, 0) is 25.1 Å². The molecule has 5 heteroatoms. The second kappa shape index (κ2) is 8.17. The number of hydrogen-bond donors (Lipinski definition) is 0. The van der Waals surface area contributed by atoms with Crippen LogP contribution in [0.2, 0.25) is 0 Å². The van der Waals surface area contributed by atoms with Gasteiger partial charge in [0.25, 0.3) is 5.91 Å². The van der Waals surface area contributed by atoms with Gasteiger partial charge in [0.05, 0.1) is 6.61 Å². The number of hydrogen-bond acceptors (Lipinski definition) is 3. The van der Waals surface area contributed by atoms with Crippen LogP contribution in [0.5, 0.6) is 11.5 Å². The normalized spacial score (nSPS) is 10.2. The Labute approximate surface area is 135 Å². The molecular formula is C18H20FNO3. The summed E-state index contributed by atoms with van der Waals surface area (Å²) in [5.41, 5.74) is 0.470. The smallest absolute Gasteiger partial charge is 0.260 e. The summed E-state index contributed by atoms with van der Waals surface area (Å²) in [6.45, 7) is 2.46. The first-order valence-corrected chi connectivity index (χ1v) is 7.43. The fourth-order valence-electron chi connectivity index (χ4n) is 2.06. The van der Waals surface area contributed by atoms with Crippen LogP contribution in [0.4, 0.5) is 4.39 Å². The van der Waals surface area contributed by atoms with E-state index in [4.69, 9.17) is 9.47 Å². The number of nitrogens with zero attached hydrogens (tertiary/aromatic N) is 1. The van der Waals surface area contributed by atoms with Gasteiger partial charge in [-0.3, -0.25) is 4.79 Å². The molecule has 0 atom stereocenters. The molecule has 0 spiro atoms. The third-order valence-electron chi connectivity index (χ3n) is 3.29. The lowest BCUT2D eigenvalue weighted by molar-refractivity contribution is -0.132. The zero-order valence-corrected chi connectivity index (χ0v) is 13.3. The van der Waals surface area contributed by atoms with E-state index in [-0.39, 0.29) is 24.9 Å². The standard InChI is InChI=1S/C18H20FNO3/c1-3-22-16-10-6-7-11-17(16)23-13-18(21)20(2)12-14-8-4-5-9-15(14)19/h4-11H,3,12-13H2,1-2H3. The summed E-state index contributed by atoms with van der Waals surface area (Å²) >= 11 is 0. The molecule has 0 heterocycles. The van der Waals surface area contributed by atoms with E-state index in [0.29, 0.717) is 23.7 Å². The zero-order valence-electron chi connectivity index (χ0n) is 13.3. The number of rotatable bonds is 7. The first kappa shape index (κ1) is 16.8. The molecule has 0 aliphatic heterocycles. The Morgan fingerprint density at radius 3 is 2.30 bits per heavy atom. The van der Waals surface area contributed by atoms with Crippen molar-refractivity contribution in [2.75, 3.05) is 20.3 Å². The SMILES string of the molecule is CCOc1ccccc1OCC(=O)N(C)Cc1ccccc1F. The van der Waals surface area contributed by atoms with Crippen molar-refractivity contribution in [3.05, 3.63) is 59.9 Å². The maximum Gasteiger partial charge on any atom is 0.260 e. The van der Waals surface area contributed by atoms with E-state index < -0.39 is 0 Å². The van der Waals surface area contributed by atoms with E-state index >= 15 is 0 Å². The third kappa shape index (κ3) is 4.71. The summed E-state index contributed by atoms with van der Waals surface area (Å²) in [6.07, 6.45) is 0. The van der Waals surface area contributed by atoms with Gasteiger partial charge in [0.2, 0.25) is 0 Å². The third-order valence-corrected chi connectivity index (χ3v) is 3.29. The highest BCUT2D eigenvalue weighted by Gasteiger charge is 2.13. The van der Waals surface area contributed by atoms with E-state index in [1.807, 2.05) is 19.1 Å². The number of amides is 1. The van der Waals surface area contributed by atoms with Crippen LogP contribution in [-0.2, 0) is 11.3 Å². The lowest BCUT2D eigenvalue weighted by Gasteiger charge is -2.18. The highest BCUT2D eigenvalue weighted by Crippen LogP contribution is 2.26. The fourth-order valence-corrected chi connectivity index (χ4v) is 2.06. The lowest BCUT2D eigenvalue weighted by atomic mass is 10.2. The largest absolute Gasteiger partial charge is 0.490 e. The topological polar surface area (TPSA) is 38.8 Å². The van der Waals surface area contributed by atoms with Gasteiger partial charge in [0.15, 0.2) is 18.1 Å². The minimum absolute atomic E-state index is 0.130. The number of benzene rings is 2. The Hall–Kier alpha value is -2.56. The van der Waals surface area contributed by atoms with E-state index in [0.717, 1.165) is 0 Å². The van der Waals surface area contributed by atoms with Crippen LogP contribution in [0.25, 0.3) is 0 Å². The first-order valence-electron chi connectivity index (χ1n) is 7.43. The Balaban J connectivity index is 1.93. The van der Waals surface area contributed by atoms with Crippen molar-refractivity contribution >= 4 is 5.91 Å². The van der Waals surface area contributed by atoms with Gasteiger partial charge >= 0.3 is 0 Å². The Kier molecular flexibility index (Phi) is 5.97. The van der Waals surface area contributed by atoms with E-state index in [9.17, 15) is 9.18 Å². The summed E-state index contributed by atoms with van der Waals surface area (Å²) in [5.74, 6) is 0.552. The maximum absolute atomic E-state index is 13.6. The van der Waals surface area contributed by atoms with Crippen LogP contribution in [0.3, 0.4) is 0 Å². The van der Waals surface area contributed by atoms with E-state index in [2.05, 4.69) is 0 Å². The van der Waals surface area contributed by atoms with Crippen LogP contribution < -0.4 is 9.47 Å². The van der Waals surface area contributed by atoms with Gasteiger partial charge in [-0.15, -0.1) is 0 Å². The maximum atomic E-state index is 13.6. The van der Waals surface area contributed by atoms with Gasteiger partial charge in [0, 0.05) is 19.2 Å². The minimum Gasteiger partial charge on any atom is -0.490 e. The summed E-state index contributed by atoms with van der Waals surface area (Å²) in [6, 6.07) is 13.6. The summed E-state index contributed by atoms with van der Waals surface area (Å²) in [4.78, 5) is 13.6. The Morgan fingerprint density at radius 1 is 1.04 bits per heavy atom. The molecule has 0 aromatic heterocycles. The van der Waals surface area contributed by atoms with Crippen LogP contribution >= 0.6 is 0 Å². The summed E-state index contributed by atoms with van der Waals surface area (Å²) in [5, 5.41) is 0. The van der Waals surface area contributed by atoms with Crippen LogP contribution in [-0.4, -0.2) is 31.1 Å². The number of likely N-dealkylation sites (N-methyl/N-ethyl adjacent to an activating group) is 1. The summed E-state index contributed by atoms with van der Waals surface area (Å²) in [7, 11) is 1.62. The van der Waals surface area contributed by atoms with Crippen molar-refractivity contribution < 1.29 is 18.7 Å². The molecule has 0 bridgehead atoms. The minimum atomic E-state index is -0.324. The number of carbonyl (C=O) groups excluding carboxylic acids is 1. The highest BCUT2D eigenvalue weighted by atomic mass is 19.1. The predicted octanol–water partition coefficient (Wildman–Crippen LogP) is 3.26. The number of para-hydroxylation sites is 2. The molecule has 23 heavy (non-hydrogen) atoms. The molecular weight excluding hydrogens is 297 g/mol. The van der Waals surface area contributed by atoms with Crippen LogP contribution in [0.1, 0.15) is 12.5 Å². The van der Waals surface area contributed by atoms with Crippen molar-refractivity contribution in [2.45, 2.75) is 13.5 Å². The molecule has 0 aliphatic carbocycles. The molecule has 0 saturated carbocycles. The molecule has 0 N–H and O–H groups in total. The molecule has 0 saturated heterocycles. The van der Waals surface area contributed by atoms with Crippen molar-refractivity contribution in [3.63, 3.8) is 0 Å². The highest BCUT2D eigenvalue weighted by molar-refractivity contribution is 5.77. The van der Waals surface area contributed by atoms with E-state index in [1.54, 1.807) is 37.4 Å². The molecule has 0 aliphatic rings. The Bertz CT molecular complexity index is 660. The van der Waals surface area contributed by atoms with Crippen LogP contribution in [0, 0.1) is 5.82 Å². The molecule has 2 rings (SSSR count). The fraction of sp³-hybridized carbons (Fsp3) is 0.278. The monoisotopic (exact) mass is 317 g/mol. The van der Waals surface area contributed by atoms with Crippen molar-refractivity contribution in [3.8, 4) is 11.5 Å². The molecule has 0 radical (unpaired) electrons. The van der Waals surface area contributed by atoms with Gasteiger partial charge in [-0.25, -0.2) is 4.39 Å². The first-order chi connectivity index (χ1) is 11.1. The van der Waals surface area contributed by atoms with Crippen LogP contribution in [0.15, 0.2) is 48.5 Å². The molecule has 0 fully saturated rings. The molecule has 2 aromatic rings. The quantitative estimate of drug-likeness (QED) is 0.787. The van der Waals surface area contributed by atoms with Crippen molar-refractivity contribution in [1.82, 2.24) is 4.90 Å². The van der Waals surface area contributed by atoms with E-state index in [1.165, 1.54) is 11.0 Å². The zero-order chi connectivity index (χ0) is 16.7. The average Bonchev–Trinajstić information content (AvgIpc) is 2.56. The lowest BCUT2D eigenvalue weighted by Crippen LogP contribution is -2.31. The molecule has 2 aromatic carbocycles. The van der Waals surface area contributed by atoms with Gasteiger partial charge in [0.1, 0.15) is 5.82 Å². The predicted molar refractivity (Wildman–Crippen MR) is 86.0 cm³/mol. The second-order valence-corrected chi connectivity index (χ2v) is 5.01. The van der Waals surface area contributed by atoms with Gasteiger partial charge in [-0.1, -0.05) is 30.3 Å². The average molecular weight is 317 g/mol. The van der Waals surface area contributed by atoms with Gasteiger partial charge in [-0.2, -0.15) is 0 Å². The Morgan fingerprint density at radius 2 is 1.65 bits per heavy atom. The van der Waals surface area contributed by atoms with Crippen molar-refractivity contribution in [1.29, 1.82) is 0 Å². The molecule has 0 unspecified atom stereocenters. The molecule has 122 valence electrons. The van der Waals surface area contributed by atoms with Crippen molar-refractivity contribution in [2.24, 2.45) is 0 Å². The van der Waals surface area contributed by atoms with Gasteiger partial charge < -0.3 is 14.4 Å². The molecule has 1 amide bonds. The summed E-state index contributed by atoms with van der Waals surface area (Å²) < 4.78 is 24.6. The number of ether oxygens (including phenoxy) is 2. The second-order valence-electron chi connectivity index (χ2n) is 5.01. The number of halogens is 1. The number of carbonyl (C=O) groups is 1.